The second kappa shape index (κ2) is 7.46. The standard InChI is InChI=1S/C23H26.2C2H6/c1-22(2,3)16-10-11-21-19(13-16)18-6-4-5-7-20(18)23(21)14-15-8-9-17(23)12-15;2*1-2/h4-7,10-11,13,15,17H,8-9,12,14H2,1-3H3;2*1-2H3. The van der Waals surface area contributed by atoms with Gasteiger partial charge < -0.3 is 0 Å². The molecular weight excluding hydrogens is 324 g/mol. The van der Waals surface area contributed by atoms with Crippen LogP contribution in [0, 0.1) is 11.8 Å². The molecule has 3 unspecified atom stereocenters. The average molecular weight is 363 g/mol. The average Bonchev–Trinajstić information content (AvgIpc) is 3.38. The summed E-state index contributed by atoms with van der Waals surface area (Å²) < 4.78 is 0. The van der Waals surface area contributed by atoms with Crippen LogP contribution in [0.1, 0.15) is 90.8 Å². The van der Waals surface area contributed by atoms with Crippen LogP contribution in [0.5, 0.6) is 0 Å². The zero-order chi connectivity index (χ0) is 19.8. The van der Waals surface area contributed by atoms with E-state index >= 15 is 0 Å². The minimum atomic E-state index is 0.217. The van der Waals surface area contributed by atoms with Gasteiger partial charge in [0.15, 0.2) is 0 Å². The Morgan fingerprint density at radius 2 is 1.48 bits per heavy atom. The van der Waals surface area contributed by atoms with E-state index in [0.717, 1.165) is 11.8 Å². The first kappa shape index (κ1) is 20.2. The highest BCUT2D eigenvalue weighted by Gasteiger charge is 2.56. The minimum Gasteiger partial charge on any atom is -0.0683 e. The summed E-state index contributed by atoms with van der Waals surface area (Å²) in [6.07, 6.45) is 5.73. The lowest BCUT2D eigenvalue weighted by Gasteiger charge is -2.36. The van der Waals surface area contributed by atoms with E-state index in [0.29, 0.717) is 5.41 Å². The van der Waals surface area contributed by atoms with E-state index in [4.69, 9.17) is 0 Å². The van der Waals surface area contributed by atoms with Gasteiger partial charge in [-0.05, 0) is 64.3 Å². The molecule has 5 rings (SSSR count). The molecule has 0 aromatic heterocycles. The fraction of sp³-hybridized carbons (Fsp3) is 0.556. The predicted octanol–water partition coefficient (Wildman–Crippen LogP) is 8.12. The van der Waals surface area contributed by atoms with Gasteiger partial charge in [0, 0.05) is 5.41 Å². The fourth-order valence-corrected chi connectivity index (χ4v) is 5.86. The molecule has 2 aromatic carbocycles. The van der Waals surface area contributed by atoms with Crippen LogP contribution in [0.3, 0.4) is 0 Å². The zero-order valence-corrected chi connectivity index (χ0v) is 18.5. The van der Waals surface area contributed by atoms with Crippen molar-refractivity contribution in [2.45, 2.75) is 85.0 Å². The molecule has 0 aliphatic heterocycles. The van der Waals surface area contributed by atoms with E-state index in [-0.39, 0.29) is 5.41 Å². The molecule has 0 amide bonds. The number of benzene rings is 2. The number of rotatable bonds is 0. The molecule has 3 aliphatic carbocycles. The second-order valence-electron chi connectivity index (χ2n) is 9.11. The summed E-state index contributed by atoms with van der Waals surface area (Å²) in [5.41, 5.74) is 8.33. The lowest BCUT2D eigenvalue weighted by molar-refractivity contribution is 0.327. The quantitative estimate of drug-likeness (QED) is 0.444. The van der Waals surface area contributed by atoms with Crippen molar-refractivity contribution >= 4 is 0 Å². The molecule has 27 heavy (non-hydrogen) atoms. The molecule has 3 atom stereocenters. The van der Waals surface area contributed by atoms with E-state index in [1.54, 1.807) is 11.1 Å². The maximum atomic E-state index is 2.49. The molecule has 2 bridgehead atoms. The van der Waals surface area contributed by atoms with E-state index in [9.17, 15) is 0 Å². The molecule has 0 N–H and O–H groups in total. The Kier molecular flexibility index (Phi) is 5.57. The Morgan fingerprint density at radius 3 is 2.07 bits per heavy atom. The van der Waals surface area contributed by atoms with Gasteiger partial charge in [-0.3, -0.25) is 0 Å². The van der Waals surface area contributed by atoms with Gasteiger partial charge in [0.2, 0.25) is 0 Å². The first-order valence-corrected chi connectivity index (χ1v) is 11.2. The Morgan fingerprint density at radius 1 is 0.815 bits per heavy atom. The van der Waals surface area contributed by atoms with Crippen LogP contribution in [0.15, 0.2) is 42.5 Å². The second-order valence-corrected chi connectivity index (χ2v) is 9.11. The van der Waals surface area contributed by atoms with Crippen molar-refractivity contribution in [1.82, 2.24) is 0 Å². The molecule has 0 heteroatoms. The maximum Gasteiger partial charge on any atom is 0.0246 e. The molecule has 2 saturated carbocycles. The smallest absolute Gasteiger partial charge is 0.0246 e. The fourth-order valence-electron chi connectivity index (χ4n) is 5.86. The van der Waals surface area contributed by atoms with Gasteiger partial charge in [-0.15, -0.1) is 0 Å². The third-order valence-corrected chi connectivity index (χ3v) is 6.91. The first-order chi connectivity index (χ1) is 13.0. The van der Waals surface area contributed by atoms with Crippen LogP contribution < -0.4 is 0 Å². The summed E-state index contributed by atoms with van der Waals surface area (Å²) in [7, 11) is 0. The van der Waals surface area contributed by atoms with Crippen LogP contribution in [0.4, 0.5) is 0 Å². The molecule has 1 spiro atoms. The zero-order valence-electron chi connectivity index (χ0n) is 18.5. The summed E-state index contributed by atoms with van der Waals surface area (Å²) in [6, 6.07) is 16.6. The van der Waals surface area contributed by atoms with Crippen LogP contribution in [-0.2, 0) is 10.8 Å². The first-order valence-electron chi connectivity index (χ1n) is 11.2. The van der Waals surface area contributed by atoms with Crippen LogP contribution in [0.25, 0.3) is 11.1 Å². The van der Waals surface area contributed by atoms with Crippen molar-refractivity contribution in [3.05, 3.63) is 59.2 Å². The van der Waals surface area contributed by atoms with Gasteiger partial charge in [0.1, 0.15) is 0 Å². The Bertz CT molecular complexity index is 792. The van der Waals surface area contributed by atoms with Gasteiger partial charge in [0.25, 0.3) is 0 Å². The SMILES string of the molecule is CC.CC.CC(C)(C)c1ccc2c(c1)-c1ccccc1C21CC2CCC1C2. The Hall–Kier alpha value is -1.56. The van der Waals surface area contributed by atoms with Gasteiger partial charge >= 0.3 is 0 Å². The van der Waals surface area contributed by atoms with Crippen molar-refractivity contribution in [1.29, 1.82) is 0 Å². The van der Waals surface area contributed by atoms with Gasteiger partial charge in [-0.1, -0.05) is 97.4 Å². The number of hydrogen-bond donors (Lipinski definition) is 0. The van der Waals surface area contributed by atoms with Crippen molar-refractivity contribution in [2.75, 3.05) is 0 Å². The highest BCUT2D eigenvalue weighted by Crippen LogP contribution is 2.65. The molecule has 2 fully saturated rings. The van der Waals surface area contributed by atoms with E-state index in [2.05, 4.69) is 63.2 Å². The molecule has 146 valence electrons. The van der Waals surface area contributed by atoms with Gasteiger partial charge in [-0.25, -0.2) is 0 Å². The highest BCUT2D eigenvalue weighted by molar-refractivity contribution is 5.82. The summed E-state index contributed by atoms with van der Waals surface area (Å²) in [5, 5.41) is 0. The normalized spacial score (nSPS) is 26.6. The molecule has 0 heterocycles. The van der Waals surface area contributed by atoms with Crippen LogP contribution >= 0.6 is 0 Å². The summed E-state index contributed by atoms with van der Waals surface area (Å²) in [5.74, 6) is 1.83. The minimum absolute atomic E-state index is 0.217. The van der Waals surface area contributed by atoms with Gasteiger partial charge in [0.05, 0.1) is 0 Å². The number of fused-ring (bicyclic) bond motifs is 8. The largest absolute Gasteiger partial charge is 0.0683 e. The van der Waals surface area contributed by atoms with Crippen molar-refractivity contribution in [3.63, 3.8) is 0 Å². The molecule has 0 saturated heterocycles. The van der Waals surface area contributed by atoms with E-state index in [1.807, 2.05) is 27.7 Å². The Labute approximate surface area is 167 Å². The topological polar surface area (TPSA) is 0 Å². The monoisotopic (exact) mass is 362 g/mol. The summed E-state index contributed by atoms with van der Waals surface area (Å²) >= 11 is 0. The summed E-state index contributed by atoms with van der Waals surface area (Å²) in [4.78, 5) is 0. The lowest BCUT2D eigenvalue weighted by atomic mass is 9.66. The third-order valence-electron chi connectivity index (χ3n) is 6.91. The van der Waals surface area contributed by atoms with Crippen LogP contribution in [-0.4, -0.2) is 0 Å². The lowest BCUT2D eigenvalue weighted by Crippen LogP contribution is -2.31. The molecule has 3 aliphatic rings. The third kappa shape index (κ3) is 2.96. The highest BCUT2D eigenvalue weighted by atomic mass is 14.6. The summed E-state index contributed by atoms with van der Waals surface area (Å²) in [6.45, 7) is 15.0. The van der Waals surface area contributed by atoms with Crippen molar-refractivity contribution in [3.8, 4) is 11.1 Å². The predicted molar refractivity (Wildman–Crippen MR) is 120 cm³/mol. The molecule has 2 aromatic rings. The molecular formula is C27H38. The molecule has 0 nitrogen and oxygen atoms in total. The van der Waals surface area contributed by atoms with Gasteiger partial charge in [-0.2, -0.15) is 0 Å². The van der Waals surface area contributed by atoms with E-state index in [1.165, 1.54) is 42.4 Å². The Balaban J connectivity index is 0.000000495. The van der Waals surface area contributed by atoms with Crippen LogP contribution in [0.2, 0.25) is 0 Å². The number of hydrogen-bond acceptors (Lipinski definition) is 0. The van der Waals surface area contributed by atoms with Crippen molar-refractivity contribution in [2.24, 2.45) is 11.8 Å². The maximum absolute atomic E-state index is 2.49. The molecule has 0 radical (unpaired) electrons. The van der Waals surface area contributed by atoms with E-state index < -0.39 is 0 Å². The van der Waals surface area contributed by atoms with Crippen molar-refractivity contribution < 1.29 is 0 Å².